The molecule has 0 heterocycles. The Bertz CT molecular complexity index is 405. The maximum Gasteiger partial charge on any atom is 0.122 e. The average Bonchev–Trinajstić information content (AvgIpc) is 2.46. The van der Waals surface area contributed by atoms with Crippen molar-refractivity contribution in [2.24, 2.45) is 0 Å². The molecular weight excluding hydrogens is 252 g/mol. The van der Waals surface area contributed by atoms with Crippen LogP contribution in [-0.2, 0) is 0 Å². The SMILES string of the molecule is CCC(CC)N(CCO)c1ccc(C(C)NC)c(O)c1. The third-order valence-electron chi connectivity index (χ3n) is 3.97. The molecule has 4 heteroatoms. The highest BCUT2D eigenvalue weighted by molar-refractivity contribution is 5.54. The summed E-state index contributed by atoms with van der Waals surface area (Å²) in [4.78, 5) is 2.17. The molecule has 3 N–H and O–H groups in total. The number of phenolic OH excluding ortho intramolecular Hbond substituents is 1. The van der Waals surface area contributed by atoms with Crippen molar-refractivity contribution in [3.63, 3.8) is 0 Å². The van der Waals surface area contributed by atoms with E-state index in [-0.39, 0.29) is 12.6 Å². The van der Waals surface area contributed by atoms with Gasteiger partial charge in [-0.3, -0.25) is 0 Å². The van der Waals surface area contributed by atoms with Gasteiger partial charge in [0.1, 0.15) is 5.75 Å². The van der Waals surface area contributed by atoms with Crippen LogP contribution in [0.3, 0.4) is 0 Å². The predicted molar refractivity (Wildman–Crippen MR) is 84.4 cm³/mol. The van der Waals surface area contributed by atoms with Crippen LogP contribution >= 0.6 is 0 Å². The van der Waals surface area contributed by atoms with E-state index in [1.54, 1.807) is 6.07 Å². The van der Waals surface area contributed by atoms with Gasteiger partial charge in [-0.25, -0.2) is 0 Å². The standard InChI is InChI=1S/C16H28N2O2/c1-5-13(6-2)18(9-10-19)14-7-8-15(12(3)17-4)16(20)11-14/h7-8,11-13,17,19-20H,5-6,9-10H2,1-4H3. The first kappa shape index (κ1) is 16.8. The van der Waals surface area contributed by atoms with Gasteiger partial charge in [0.15, 0.2) is 0 Å². The summed E-state index contributed by atoms with van der Waals surface area (Å²) < 4.78 is 0. The van der Waals surface area contributed by atoms with Gasteiger partial charge in [0.25, 0.3) is 0 Å². The normalized spacial score (nSPS) is 12.7. The molecule has 0 saturated carbocycles. The molecule has 4 nitrogen and oxygen atoms in total. The lowest BCUT2D eigenvalue weighted by atomic mass is 10.0. The van der Waals surface area contributed by atoms with E-state index in [0.717, 1.165) is 24.1 Å². The monoisotopic (exact) mass is 280 g/mol. The van der Waals surface area contributed by atoms with Crippen molar-refractivity contribution in [2.45, 2.75) is 45.7 Å². The number of aliphatic hydroxyl groups excluding tert-OH is 1. The number of aliphatic hydroxyl groups is 1. The summed E-state index contributed by atoms with van der Waals surface area (Å²) in [5.74, 6) is 0.304. The maximum absolute atomic E-state index is 10.2. The summed E-state index contributed by atoms with van der Waals surface area (Å²) in [6, 6.07) is 6.28. The fourth-order valence-corrected chi connectivity index (χ4v) is 2.59. The van der Waals surface area contributed by atoms with Gasteiger partial charge in [0, 0.05) is 35.9 Å². The van der Waals surface area contributed by atoms with Crippen LogP contribution in [0.1, 0.15) is 45.2 Å². The predicted octanol–water partition coefficient (Wildman–Crippen LogP) is 2.66. The third kappa shape index (κ3) is 3.87. The molecule has 1 rings (SSSR count). The van der Waals surface area contributed by atoms with E-state index in [1.807, 2.05) is 26.1 Å². The number of aromatic hydroxyl groups is 1. The zero-order chi connectivity index (χ0) is 15.1. The zero-order valence-corrected chi connectivity index (χ0v) is 13.1. The number of hydrogen-bond acceptors (Lipinski definition) is 4. The molecule has 1 unspecified atom stereocenters. The number of nitrogens with one attached hydrogen (secondary N) is 1. The Morgan fingerprint density at radius 3 is 2.35 bits per heavy atom. The lowest BCUT2D eigenvalue weighted by Crippen LogP contribution is -2.36. The topological polar surface area (TPSA) is 55.7 Å². The number of rotatable bonds is 8. The van der Waals surface area contributed by atoms with Crippen molar-refractivity contribution >= 4 is 5.69 Å². The van der Waals surface area contributed by atoms with Crippen LogP contribution in [0, 0.1) is 0 Å². The van der Waals surface area contributed by atoms with Crippen LogP contribution in [0.4, 0.5) is 5.69 Å². The minimum Gasteiger partial charge on any atom is -0.508 e. The van der Waals surface area contributed by atoms with Gasteiger partial charge in [0.2, 0.25) is 0 Å². The highest BCUT2D eigenvalue weighted by atomic mass is 16.3. The molecule has 0 aliphatic rings. The molecular formula is C16H28N2O2. The minimum absolute atomic E-state index is 0.114. The van der Waals surface area contributed by atoms with E-state index in [0.29, 0.717) is 18.3 Å². The molecule has 1 aromatic carbocycles. The molecule has 0 bridgehead atoms. The van der Waals surface area contributed by atoms with Crippen LogP contribution in [0.5, 0.6) is 5.75 Å². The van der Waals surface area contributed by atoms with Gasteiger partial charge in [-0.1, -0.05) is 19.9 Å². The van der Waals surface area contributed by atoms with Crippen LogP contribution in [0.2, 0.25) is 0 Å². The number of benzene rings is 1. The lowest BCUT2D eigenvalue weighted by molar-refractivity contribution is 0.296. The van der Waals surface area contributed by atoms with E-state index < -0.39 is 0 Å². The summed E-state index contributed by atoms with van der Waals surface area (Å²) in [6.07, 6.45) is 2.04. The van der Waals surface area contributed by atoms with Gasteiger partial charge >= 0.3 is 0 Å². The molecule has 0 aromatic heterocycles. The van der Waals surface area contributed by atoms with Crippen molar-refractivity contribution in [3.05, 3.63) is 23.8 Å². The second-order valence-electron chi connectivity index (χ2n) is 5.14. The van der Waals surface area contributed by atoms with E-state index >= 15 is 0 Å². The van der Waals surface area contributed by atoms with Crippen LogP contribution in [0.25, 0.3) is 0 Å². The quantitative estimate of drug-likeness (QED) is 0.685. The molecule has 1 aromatic rings. The Kier molecular flexibility index (Phi) is 6.82. The average molecular weight is 280 g/mol. The van der Waals surface area contributed by atoms with Gasteiger partial charge in [0.05, 0.1) is 6.61 Å². The van der Waals surface area contributed by atoms with Crippen molar-refractivity contribution in [1.82, 2.24) is 5.32 Å². The van der Waals surface area contributed by atoms with Crippen molar-refractivity contribution in [1.29, 1.82) is 0 Å². The minimum atomic E-state index is 0.114. The van der Waals surface area contributed by atoms with Gasteiger partial charge in [-0.05, 0) is 32.9 Å². The summed E-state index contributed by atoms with van der Waals surface area (Å²) in [6.45, 7) is 7.02. The number of anilines is 1. The summed E-state index contributed by atoms with van der Waals surface area (Å²) in [5, 5.41) is 22.6. The fraction of sp³-hybridized carbons (Fsp3) is 0.625. The van der Waals surface area contributed by atoms with E-state index in [1.165, 1.54) is 0 Å². The largest absolute Gasteiger partial charge is 0.508 e. The van der Waals surface area contributed by atoms with E-state index in [2.05, 4.69) is 24.1 Å². The van der Waals surface area contributed by atoms with E-state index in [4.69, 9.17) is 0 Å². The van der Waals surface area contributed by atoms with Crippen molar-refractivity contribution < 1.29 is 10.2 Å². The molecule has 0 fully saturated rings. The summed E-state index contributed by atoms with van der Waals surface area (Å²) >= 11 is 0. The molecule has 0 saturated heterocycles. The smallest absolute Gasteiger partial charge is 0.122 e. The van der Waals surface area contributed by atoms with Crippen LogP contribution in [0.15, 0.2) is 18.2 Å². The van der Waals surface area contributed by atoms with Gasteiger partial charge in [-0.15, -0.1) is 0 Å². The molecule has 0 radical (unpaired) electrons. The Morgan fingerprint density at radius 2 is 1.90 bits per heavy atom. The molecule has 0 spiro atoms. The van der Waals surface area contributed by atoms with Gasteiger partial charge in [-0.2, -0.15) is 0 Å². The first-order valence-electron chi connectivity index (χ1n) is 7.46. The second-order valence-corrected chi connectivity index (χ2v) is 5.14. The Hall–Kier alpha value is -1.26. The molecule has 0 aliphatic carbocycles. The molecule has 20 heavy (non-hydrogen) atoms. The summed E-state index contributed by atoms with van der Waals surface area (Å²) in [7, 11) is 1.88. The first-order chi connectivity index (χ1) is 9.58. The third-order valence-corrected chi connectivity index (χ3v) is 3.97. The maximum atomic E-state index is 10.2. The number of hydrogen-bond donors (Lipinski definition) is 3. The number of nitrogens with zero attached hydrogens (tertiary/aromatic N) is 1. The van der Waals surface area contributed by atoms with Crippen LogP contribution in [-0.4, -0.2) is 36.5 Å². The first-order valence-corrected chi connectivity index (χ1v) is 7.46. The second kappa shape index (κ2) is 8.12. The fourth-order valence-electron chi connectivity index (χ4n) is 2.59. The highest BCUT2D eigenvalue weighted by Gasteiger charge is 2.17. The highest BCUT2D eigenvalue weighted by Crippen LogP contribution is 2.30. The zero-order valence-electron chi connectivity index (χ0n) is 13.1. The molecule has 0 amide bonds. The number of phenols is 1. The Labute approximate surface area is 122 Å². The Morgan fingerprint density at radius 1 is 1.25 bits per heavy atom. The molecule has 0 aliphatic heterocycles. The van der Waals surface area contributed by atoms with E-state index in [9.17, 15) is 10.2 Å². The van der Waals surface area contributed by atoms with Gasteiger partial charge < -0.3 is 20.4 Å². The molecule has 114 valence electrons. The summed E-state index contributed by atoms with van der Waals surface area (Å²) in [5.41, 5.74) is 1.86. The van der Waals surface area contributed by atoms with Crippen molar-refractivity contribution in [2.75, 3.05) is 25.1 Å². The van der Waals surface area contributed by atoms with Crippen molar-refractivity contribution in [3.8, 4) is 5.75 Å². The molecule has 1 atom stereocenters. The Balaban J connectivity index is 3.06. The lowest BCUT2D eigenvalue weighted by Gasteiger charge is -2.32. The van der Waals surface area contributed by atoms with Crippen LogP contribution < -0.4 is 10.2 Å².